The van der Waals surface area contributed by atoms with Crippen LogP contribution < -0.4 is 24.0 Å². The van der Waals surface area contributed by atoms with Gasteiger partial charge in [-0.25, -0.2) is 0 Å². The van der Waals surface area contributed by atoms with Crippen molar-refractivity contribution < 1.29 is 28.8 Å². The second kappa shape index (κ2) is 15.8. The van der Waals surface area contributed by atoms with Gasteiger partial charge in [-0.2, -0.15) is 0 Å². The Bertz CT molecular complexity index is 191. The molecule has 17 heavy (non-hydrogen) atoms. The Morgan fingerprint density at radius 2 is 1.47 bits per heavy atom. The average molecular weight is 232 g/mol. The van der Waals surface area contributed by atoms with Crippen LogP contribution in [-0.2, 0) is 4.79 Å². The molecule has 0 aliphatic heterocycles. The topological polar surface area (TPSA) is 40.1 Å². The molecule has 0 amide bonds. The minimum atomic E-state index is -0.918. The monoisotopic (exact) mass is 232 g/mol. The van der Waals surface area contributed by atoms with Gasteiger partial charge in [0.2, 0.25) is 0 Å². The molecule has 0 saturated carbocycles. The van der Waals surface area contributed by atoms with E-state index in [1.54, 1.807) is 0 Å². The van der Waals surface area contributed by atoms with Crippen LogP contribution in [0.4, 0.5) is 0 Å². The van der Waals surface area contributed by atoms with E-state index >= 15 is 0 Å². The van der Waals surface area contributed by atoms with Gasteiger partial charge in [0, 0.05) is 5.97 Å². The average Bonchev–Trinajstić information content (AvgIpc) is 2.25. The van der Waals surface area contributed by atoms with E-state index in [0.29, 0.717) is 0 Å². The number of carboxylic acid groups (broad SMARTS) is 1. The molecule has 2 nitrogen and oxygen atoms in total. The SMILES string of the molecule is CCCC/C=C\CCCCCCCC(=O)[O-].[Li+]. The summed E-state index contributed by atoms with van der Waals surface area (Å²) in [5.41, 5.74) is 0. The third-order valence-corrected chi connectivity index (χ3v) is 2.64. The molecule has 0 N–H and O–H groups in total. The van der Waals surface area contributed by atoms with Gasteiger partial charge in [0.1, 0.15) is 0 Å². The first-order valence-corrected chi connectivity index (χ1v) is 6.62. The number of allylic oxidation sites excluding steroid dienone is 2. The molecule has 0 aliphatic carbocycles. The third-order valence-electron chi connectivity index (χ3n) is 2.64. The van der Waals surface area contributed by atoms with E-state index in [1.165, 1.54) is 38.5 Å². The fraction of sp³-hybridized carbons (Fsp3) is 0.786. The van der Waals surface area contributed by atoms with Gasteiger partial charge in [0.15, 0.2) is 0 Å². The van der Waals surface area contributed by atoms with Crippen LogP contribution in [0, 0.1) is 0 Å². The van der Waals surface area contributed by atoms with Gasteiger partial charge in [0.05, 0.1) is 0 Å². The smallest absolute Gasteiger partial charge is 0.550 e. The van der Waals surface area contributed by atoms with Gasteiger partial charge in [0.25, 0.3) is 0 Å². The number of hydrogen-bond acceptors (Lipinski definition) is 2. The Morgan fingerprint density at radius 1 is 0.941 bits per heavy atom. The molecule has 0 saturated heterocycles. The fourth-order valence-electron chi connectivity index (χ4n) is 1.62. The number of carboxylic acids is 1. The minimum absolute atomic E-state index is 0. The molecule has 0 unspecified atom stereocenters. The maximum absolute atomic E-state index is 10.1. The standard InChI is InChI=1S/C14H26O2.Li/c1-2-3-4-5-6-7-8-9-10-11-12-13-14(15)16;/h5-6H,2-4,7-13H2,1H3,(H,15,16);/q;+1/p-1/b6-5-;. The van der Waals surface area contributed by atoms with Crippen molar-refractivity contribution >= 4 is 5.97 Å². The third kappa shape index (κ3) is 18.4. The van der Waals surface area contributed by atoms with Crippen molar-refractivity contribution in [3.8, 4) is 0 Å². The Balaban J connectivity index is 0. The van der Waals surface area contributed by atoms with Crippen LogP contribution in [0.1, 0.15) is 71.1 Å². The summed E-state index contributed by atoms with van der Waals surface area (Å²) >= 11 is 0. The van der Waals surface area contributed by atoms with Gasteiger partial charge in [-0.1, -0.05) is 51.2 Å². The van der Waals surface area contributed by atoms with E-state index in [9.17, 15) is 9.90 Å². The van der Waals surface area contributed by atoms with E-state index < -0.39 is 5.97 Å². The summed E-state index contributed by atoms with van der Waals surface area (Å²) < 4.78 is 0. The van der Waals surface area contributed by atoms with Crippen LogP contribution in [0.5, 0.6) is 0 Å². The largest absolute Gasteiger partial charge is 1.00 e. The summed E-state index contributed by atoms with van der Waals surface area (Å²) in [5.74, 6) is -0.918. The molecular weight excluding hydrogens is 207 g/mol. The van der Waals surface area contributed by atoms with Gasteiger partial charge in [-0.15, -0.1) is 0 Å². The van der Waals surface area contributed by atoms with Crippen molar-refractivity contribution in [2.75, 3.05) is 0 Å². The number of aliphatic carboxylic acids is 1. The van der Waals surface area contributed by atoms with Crippen LogP contribution in [0.15, 0.2) is 12.2 Å². The Hall–Kier alpha value is -0.193. The first kappa shape index (κ1) is 19.2. The number of carbonyl (C=O) groups excluding carboxylic acids is 1. The van der Waals surface area contributed by atoms with E-state index in [-0.39, 0.29) is 25.3 Å². The molecule has 0 rings (SSSR count). The molecule has 0 atom stereocenters. The van der Waals surface area contributed by atoms with Crippen LogP contribution in [0.25, 0.3) is 0 Å². The molecule has 0 spiro atoms. The predicted octanol–water partition coefficient (Wildman–Crippen LogP) is 0.217. The first-order chi connectivity index (χ1) is 7.77. The second-order valence-corrected chi connectivity index (χ2v) is 4.29. The van der Waals surface area contributed by atoms with Gasteiger partial charge in [-0.3, -0.25) is 0 Å². The van der Waals surface area contributed by atoms with E-state index in [4.69, 9.17) is 0 Å². The van der Waals surface area contributed by atoms with Crippen molar-refractivity contribution in [2.45, 2.75) is 71.1 Å². The fourth-order valence-corrected chi connectivity index (χ4v) is 1.62. The maximum Gasteiger partial charge on any atom is 1.00 e. The summed E-state index contributed by atoms with van der Waals surface area (Å²) in [7, 11) is 0. The molecule has 0 heterocycles. The molecule has 0 radical (unpaired) electrons. The van der Waals surface area contributed by atoms with Crippen molar-refractivity contribution in [1.29, 1.82) is 0 Å². The molecular formula is C14H25LiO2. The first-order valence-electron chi connectivity index (χ1n) is 6.62. The molecule has 0 aromatic heterocycles. The zero-order valence-electron chi connectivity index (χ0n) is 11.5. The zero-order valence-corrected chi connectivity index (χ0v) is 11.5. The molecule has 0 bridgehead atoms. The van der Waals surface area contributed by atoms with Crippen LogP contribution >= 0.6 is 0 Å². The number of hydrogen-bond donors (Lipinski definition) is 0. The molecule has 0 aromatic rings. The Kier molecular flexibility index (Phi) is 17.8. The van der Waals surface area contributed by atoms with Gasteiger partial charge < -0.3 is 9.90 Å². The molecule has 0 fully saturated rings. The van der Waals surface area contributed by atoms with E-state index in [0.717, 1.165) is 19.3 Å². The Morgan fingerprint density at radius 3 is 2.06 bits per heavy atom. The number of carbonyl (C=O) groups is 1. The van der Waals surface area contributed by atoms with Gasteiger partial charge in [-0.05, 0) is 32.1 Å². The number of unbranched alkanes of at least 4 members (excludes halogenated alkanes) is 7. The van der Waals surface area contributed by atoms with Crippen molar-refractivity contribution in [3.05, 3.63) is 12.2 Å². The Labute approximate surface area is 118 Å². The summed E-state index contributed by atoms with van der Waals surface area (Å²) in [6.45, 7) is 2.21. The summed E-state index contributed by atoms with van der Waals surface area (Å²) in [4.78, 5) is 10.1. The molecule has 0 aliphatic rings. The van der Waals surface area contributed by atoms with Crippen LogP contribution in [-0.4, -0.2) is 5.97 Å². The predicted molar refractivity (Wildman–Crippen MR) is 66.0 cm³/mol. The summed E-state index contributed by atoms with van der Waals surface area (Å²) in [5, 5.41) is 10.1. The van der Waals surface area contributed by atoms with Crippen LogP contribution in [0.3, 0.4) is 0 Å². The minimum Gasteiger partial charge on any atom is -0.550 e. The molecule has 0 aromatic carbocycles. The normalized spacial score (nSPS) is 10.4. The van der Waals surface area contributed by atoms with Crippen molar-refractivity contribution in [2.24, 2.45) is 0 Å². The summed E-state index contributed by atoms with van der Waals surface area (Å²) in [6.07, 6.45) is 15.1. The van der Waals surface area contributed by atoms with E-state index in [2.05, 4.69) is 19.1 Å². The molecule has 94 valence electrons. The second-order valence-electron chi connectivity index (χ2n) is 4.29. The quantitative estimate of drug-likeness (QED) is 0.290. The van der Waals surface area contributed by atoms with Crippen LogP contribution in [0.2, 0.25) is 0 Å². The summed E-state index contributed by atoms with van der Waals surface area (Å²) in [6, 6.07) is 0. The van der Waals surface area contributed by atoms with Crippen molar-refractivity contribution in [1.82, 2.24) is 0 Å². The maximum atomic E-state index is 10.1. The number of rotatable bonds is 11. The van der Waals surface area contributed by atoms with Gasteiger partial charge >= 0.3 is 18.9 Å². The van der Waals surface area contributed by atoms with Crippen molar-refractivity contribution in [3.63, 3.8) is 0 Å². The van der Waals surface area contributed by atoms with E-state index in [1.807, 2.05) is 0 Å². The molecule has 3 heteroatoms. The zero-order chi connectivity index (χ0) is 12.1.